The van der Waals surface area contributed by atoms with Crippen molar-refractivity contribution in [2.45, 2.75) is 45.8 Å². The smallest absolute Gasteiger partial charge is 0.191 e. The molecule has 5 nitrogen and oxygen atoms in total. The molecule has 1 saturated heterocycles. The fourth-order valence-electron chi connectivity index (χ4n) is 4.06. The minimum absolute atomic E-state index is 0.477. The van der Waals surface area contributed by atoms with Crippen LogP contribution in [0.4, 0.5) is 0 Å². The van der Waals surface area contributed by atoms with Gasteiger partial charge in [0.1, 0.15) is 0 Å². The van der Waals surface area contributed by atoms with Gasteiger partial charge >= 0.3 is 0 Å². The van der Waals surface area contributed by atoms with Gasteiger partial charge in [0.15, 0.2) is 5.96 Å². The maximum Gasteiger partial charge on any atom is 0.191 e. The molecular formula is C21H35N5. The number of fused-ring (bicyclic) bond motifs is 1. The summed E-state index contributed by atoms with van der Waals surface area (Å²) in [5, 5.41) is 7.14. The van der Waals surface area contributed by atoms with Crippen LogP contribution < -0.4 is 10.6 Å². The Bertz CT molecular complexity index is 612. The fraction of sp³-hybridized carbons (Fsp3) is 0.667. The van der Waals surface area contributed by atoms with Gasteiger partial charge in [-0.05, 0) is 37.3 Å². The summed E-state index contributed by atoms with van der Waals surface area (Å²) in [6.45, 7) is 13.3. The maximum atomic E-state index is 4.43. The lowest BCUT2D eigenvalue weighted by Gasteiger charge is -2.29. The molecule has 1 aromatic rings. The second-order valence-corrected chi connectivity index (χ2v) is 8.07. The lowest BCUT2D eigenvalue weighted by Crippen LogP contribution is -2.48. The van der Waals surface area contributed by atoms with E-state index in [0.29, 0.717) is 18.0 Å². The molecule has 0 bridgehead atoms. The zero-order chi connectivity index (χ0) is 18.5. The summed E-state index contributed by atoms with van der Waals surface area (Å²) in [4.78, 5) is 9.50. The van der Waals surface area contributed by atoms with E-state index in [0.717, 1.165) is 45.1 Å². The zero-order valence-corrected chi connectivity index (χ0v) is 16.8. The first-order chi connectivity index (χ1) is 12.6. The Morgan fingerprint density at radius 3 is 2.69 bits per heavy atom. The summed E-state index contributed by atoms with van der Waals surface area (Å²) in [5.41, 5.74) is 2.99. The van der Waals surface area contributed by atoms with Gasteiger partial charge in [-0.3, -0.25) is 14.8 Å². The first-order valence-corrected chi connectivity index (χ1v) is 10.1. The number of aliphatic imine (C=N–C) groups is 1. The molecule has 1 aromatic carbocycles. The van der Waals surface area contributed by atoms with Gasteiger partial charge in [-0.15, -0.1) is 0 Å². The molecule has 1 fully saturated rings. The van der Waals surface area contributed by atoms with Crippen molar-refractivity contribution in [3.8, 4) is 0 Å². The Labute approximate surface area is 158 Å². The summed E-state index contributed by atoms with van der Waals surface area (Å²) in [6, 6.07) is 9.91. The van der Waals surface area contributed by atoms with Crippen molar-refractivity contribution < 1.29 is 0 Å². The van der Waals surface area contributed by atoms with Gasteiger partial charge in [0.2, 0.25) is 0 Å². The van der Waals surface area contributed by atoms with Crippen LogP contribution in [0.15, 0.2) is 29.3 Å². The van der Waals surface area contributed by atoms with Crippen LogP contribution in [-0.4, -0.2) is 67.6 Å². The first kappa shape index (κ1) is 19.2. The van der Waals surface area contributed by atoms with E-state index in [9.17, 15) is 0 Å². The number of nitrogens with one attached hydrogen (secondary N) is 2. The van der Waals surface area contributed by atoms with Crippen LogP contribution in [0.1, 0.15) is 31.9 Å². The third-order valence-electron chi connectivity index (χ3n) is 5.85. The van der Waals surface area contributed by atoms with Crippen LogP contribution in [0, 0.1) is 5.92 Å². The van der Waals surface area contributed by atoms with Crippen LogP contribution >= 0.6 is 0 Å². The van der Waals surface area contributed by atoms with Gasteiger partial charge in [-0.25, -0.2) is 0 Å². The van der Waals surface area contributed by atoms with Gasteiger partial charge < -0.3 is 10.6 Å². The van der Waals surface area contributed by atoms with E-state index >= 15 is 0 Å². The van der Waals surface area contributed by atoms with Crippen molar-refractivity contribution in [1.82, 2.24) is 20.4 Å². The van der Waals surface area contributed by atoms with Crippen LogP contribution in [0.5, 0.6) is 0 Å². The Morgan fingerprint density at radius 2 is 2.00 bits per heavy atom. The first-order valence-electron chi connectivity index (χ1n) is 10.1. The average Bonchev–Trinajstić information content (AvgIpc) is 3.01. The minimum Gasteiger partial charge on any atom is -0.355 e. The molecule has 2 heterocycles. The fourth-order valence-corrected chi connectivity index (χ4v) is 4.06. The molecule has 0 aromatic heterocycles. The topological polar surface area (TPSA) is 42.9 Å². The average molecular weight is 358 g/mol. The summed E-state index contributed by atoms with van der Waals surface area (Å²) in [7, 11) is 1.87. The number of hydrogen-bond acceptors (Lipinski definition) is 3. The number of hydrogen-bond donors (Lipinski definition) is 2. The third kappa shape index (κ3) is 4.77. The van der Waals surface area contributed by atoms with E-state index in [1.54, 1.807) is 0 Å². The van der Waals surface area contributed by atoms with Crippen molar-refractivity contribution in [2.75, 3.05) is 39.8 Å². The van der Waals surface area contributed by atoms with Crippen molar-refractivity contribution in [3.63, 3.8) is 0 Å². The molecule has 26 heavy (non-hydrogen) atoms. The number of benzene rings is 1. The molecule has 0 spiro atoms. The lowest BCUT2D eigenvalue weighted by atomic mass is 10.00. The molecule has 144 valence electrons. The number of guanidine groups is 1. The van der Waals surface area contributed by atoms with E-state index in [1.807, 2.05) is 7.05 Å². The molecule has 0 amide bonds. The lowest BCUT2D eigenvalue weighted by molar-refractivity contribution is 0.257. The molecule has 2 unspecified atom stereocenters. The summed E-state index contributed by atoms with van der Waals surface area (Å²) in [6.07, 6.45) is 1.16. The van der Waals surface area contributed by atoms with Gasteiger partial charge in [-0.1, -0.05) is 31.2 Å². The Hall–Kier alpha value is -1.59. The van der Waals surface area contributed by atoms with Gasteiger partial charge in [0.25, 0.3) is 0 Å². The second-order valence-electron chi connectivity index (χ2n) is 8.07. The highest BCUT2D eigenvalue weighted by Gasteiger charge is 2.31. The normalized spacial score (nSPS) is 24.7. The van der Waals surface area contributed by atoms with Crippen LogP contribution in [0.2, 0.25) is 0 Å². The molecule has 5 heteroatoms. The molecule has 0 radical (unpaired) electrons. The number of rotatable bonds is 5. The minimum atomic E-state index is 0.477. The van der Waals surface area contributed by atoms with Crippen LogP contribution in [-0.2, 0) is 13.0 Å². The largest absolute Gasteiger partial charge is 0.355 e. The SMILES string of the molecule is CN=C(NCCN1CCc2ccccc2C1)NC1CN(C(C)C)CC1C. The number of likely N-dealkylation sites (tertiary alicyclic amines) is 1. The maximum absolute atomic E-state index is 4.43. The summed E-state index contributed by atoms with van der Waals surface area (Å²) < 4.78 is 0. The molecule has 0 saturated carbocycles. The molecule has 3 rings (SSSR count). The molecule has 2 atom stereocenters. The van der Waals surface area contributed by atoms with E-state index in [2.05, 4.69) is 70.5 Å². The molecule has 2 N–H and O–H groups in total. The third-order valence-corrected chi connectivity index (χ3v) is 5.85. The van der Waals surface area contributed by atoms with Crippen molar-refractivity contribution in [3.05, 3.63) is 35.4 Å². The number of nitrogens with zero attached hydrogens (tertiary/aromatic N) is 3. The predicted octanol–water partition coefficient (Wildman–Crippen LogP) is 1.94. The summed E-state index contributed by atoms with van der Waals surface area (Å²) in [5.74, 6) is 1.58. The van der Waals surface area contributed by atoms with E-state index < -0.39 is 0 Å². The van der Waals surface area contributed by atoms with E-state index in [1.165, 1.54) is 17.7 Å². The van der Waals surface area contributed by atoms with Crippen LogP contribution in [0.25, 0.3) is 0 Å². The second kappa shape index (κ2) is 8.87. The van der Waals surface area contributed by atoms with E-state index in [4.69, 9.17) is 0 Å². The highest BCUT2D eigenvalue weighted by Crippen LogP contribution is 2.19. The molecule has 0 aliphatic carbocycles. The van der Waals surface area contributed by atoms with Crippen molar-refractivity contribution >= 4 is 5.96 Å². The van der Waals surface area contributed by atoms with Crippen LogP contribution in [0.3, 0.4) is 0 Å². The predicted molar refractivity (Wildman–Crippen MR) is 110 cm³/mol. The summed E-state index contributed by atoms with van der Waals surface area (Å²) >= 11 is 0. The Balaban J connectivity index is 1.43. The molecule has 2 aliphatic rings. The molecule has 2 aliphatic heterocycles. The monoisotopic (exact) mass is 357 g/mol. The van der Waals surface area contributed by atoms with Gasteiger partial charge in [0, 0.05) is 58.4 Å². The zero-order valence-electron chi connectivity index (χ0n) is 16.8. The highest BCUT2D eigenvalue weighted by atomic mass is 15.3. The Morgan fingerprint density at radius 1 is 1.23 bits per heavy atom. The highest BCUT2D eigenvalue weighted by molar-refractivity contribution is 5.80. The van der Waals surface area contributed by atoms with Crippen molar-refractivity contribution in [2.24, 2.45) is 10.9 Å². The van der Waals surface area contributed by atoms with Gasteiger partial charge in [0.05, 0.1) is 0 Å². The quantitative estimate of drug-likeness (QED) is 0.624. The van der Waals surface area contributed by atoms with Crippen molar-refractivity contribution in [1.29, 1.82) is 0 Å². The molecular weight excluding hydrogens is 322 g/mol. The standard InChI is InChI=1S/C21H35N5/c1-16(2)26-13-17(3)20(15-26)24-21(22-4)23-10-12-25-11-9-18-7-5-6-8-19(18)14-25/h5-8,16-17,20H,9-15H2,1-4H3,(H2,22,23,24). The van der Waals surface area contributed by atoms with Gasteiger partial charge in [-0.2, -0.15) is 0 Å². The van der Waals surface area contributed by atoms with E-state index in [-0.39, 0.29) is 0 Å². The Kier molecular flexibility index (Phi) is 6.54.